The molecule has 32 heavy (non-hydrogen) atoms. The Labute approximate surface area is 196 Å². The number of piperazine rings is 1. The maximum absolute atomic E-state index is 12.3. The quantitative estimate of drug-likeness (QED) is 0.650. The van der Waals surface area contributed by atoms with Crippen LogP contribution in [0.3, 0.4) is 0 Å². The summed E-state index contributed by atoms with van der Waals surface area (Å²) in [5, 5.41) is 5.50. The van der Waals surface area contributed by atoms with E-state index in [1.807, 2.05) is 49.9 Å². The molecule has 0 spiro atoms. The maximum atomic E-state index is 12.3. The maximum Gasteiger partial charge on any atom is 0.410 e. The number of rotatable bonds is 5. The number of urea groups is 1. The number of carbonyl (C=O) groups excluding carboxylic acids is 2. The topological polar surface area (TPSA) is 77.2 Å². The van der Waals surface area contributed by atoms with Crippen molar-refractivity contribution < 1.29 is 14.3 Å². The molecule has 2 heterocycles. The first-order chi connectivity index (χ1) is 15.2. The average Bonchev–Trinajstić information content (AvgIpc) is 2.77. The summed E-state index contributed by atoms with van der Waals surface area (Å²) in [7, 11) is 0. The summed E-state index contributed by atoms with van der Waals surface area (Å²) in [5.41, 5.74) is 1.47. The number of likely N-dealkylation sites (tertiary alicyclic amines) is 1. The number of nitrogens with zero attached hydrogens (tertiary/aromatic N) is 3. The molecular weight excluding hydrogens is 430 g/mol. The second-order valence-corrected chi connectivity index (χ2v) is 9.72. The number of carbonyl (C=O) groups is 2. The van der Waals surface area contributed by atoms with E-state index in [4.69, 9.17) is 16.3 Å². The van der Waals surface area contributed by atoms with Gasteiger partial charge in [0.2, 0.25) is 0 Å². The second-order valence-electron chi connectivity index (χ2n) is 9.34. The van der Waals surface area contributed by atoms with Crippen LogP contribution in [0.4, 0.5) is 21.0 Å². The van der Waals surface area contributed by atoms with Gasteiger partial charge in [0, 0.05) is 69.1 Å². The number of amides is 3. The Morgan fingerprint density at radius 3 is 2.22 bits per heavy atom. The lowest BCUT2D eigenvalue weighted by molar-refractivity contribution is 0.0140. The number of alkyl halides is 1. The molecule has 8 nitrogen and oxygen atoms in total. The molecule has 0 aromatic heterocycles. The molecule has 2 aliphatic heterocycles. The van der Waals surface area contributed by atoms with Gasteiger partial charge in [-0.25, -0.2) is 9.59 Å². The molecule has 9 heteroatoms. The van der Waals surface area contributed by atoms with Crippen molar-refractivity contribution in [3.05, 3.63) is 24.3 Å². The van der Waals surface area contributed by atoms with Crippen LogP contribution < -0.4 is 15.5 Å². The van der Waals surface area contributed by atoms with Gasteiger partial charge in [-0.15, -0.1) is 11.6 Å². The number of ether oxygens (including phenoxy) is 1. The van der Waals surface area contributed by atoms with E-state index >= 15 is 0 Å². The molecule has 0 atom stereocenters. The third-order valence-electron chi connectivity index (χ3n) is 5.82. The van der Waals surface area contributed by atoms with E-state index < -0.39 is 5.60 Å². The smallest absolute Gasteiger partial charge is 0.410 e. The molecule has 0 unspecified atom stereocenters. The lowest BCUT2D eigenvalue weighted by Gasteiger charge is -2.43. The van der Waals surface area contributed by atoms with Crippen molar-refractivity contribution in [3.8, 4) is 0 Å². The van der Waals surface area contributed by atoms with Gasteiger partial charge in [0.1, 0.15) is 5.60 Å². The summed E-state index contributed by atoms with van der Waals surface area (Å²) in [5.74, 6) is 0.390. The average molecular weight is 466 g/mol. The molecular formula is C23H36ClN5O3. The van der Waals surface area contributed by atoms with Crippen molar-refractivity contribution in [2.75, 3.05) is 61.9 Å². The molecule has 0 radical (unpaired) electrons. The Bertz CT molecular complexity index is 752. The molecule has 3 rings (SSSR count). The molecule has 2 aliphatic rings. The first-order valence-corrected chi connectivity index (χ1v) is 12.0. The molecule has 1 aromatic carbocycles. The number of piperidine rings is 1. The predicted octanol–water partition coefficient (Wildman–Crippen LogP) is 3.57. The minimum Gasteiger partial charge on any atom is -0.444 e. The van der Waals surface area contributed by atoms with E-state index in [1.54, 1.807) is 0 Å². The molecule has 2 fully saturated rings. The highest BCUT2D eigenvalue weighted by Gasteiger charge is 2.31. The van der Waals surface area contributed by atoms with Crippen molar-refractivity contribution in [1.82, 2.24) is 15.1 Å². The van der Waals surface area contributed by atoms with Gasteiger partial charge >= 0.3 is 12.1 Å². The Balaban J connectivity index is 1.42. The standard InChI is InChI=1S/C23H36ClN5O3/c1-23(2,3)32-22(31)29-12-8-20(9-13-29)28-16-14-27(15-17-28)19-6-4-18(5-7-19)26-21(30)25-11-10-24/h4-7,20H,8-17H2,1-3H3,(H2,25,26,30). The van der Waals surface area contributed by atoms with E-state index in [9.17, 15) is 9.59 Å². The van der Waals surface area contributed by atoms with Gasteiger partial charge in [0.05, 0.1) is 0 Å². The summed E-state index contributed by atoms with van der Waals surface area (Å²) in [6.07, 6.45) is 1.78. The first-order valence-electron chi connectivity index (χ1n) is 11.4. The van der Waals surface area contributed by atoms with E-state index in [1.165, 1.54) is 0 Å². The Hall–Kier alpha value is -2.19. The minimum atomic E-state index is -0.449. The fourth-order valence-corrected chi connectivity index (χ4v) is 4.27. The second kappa shape index (κ2) is 11.1. The van der Waals surface area contributed by atoms with Gasteiger partial charge in [-0.2, -0.15) is 0 Å². The first kappa shape index (κ1) is 24.5. The summed E-state index contributed by atoms with van der Waals surface area (Å²) in [6, 6.07) is 8.22. The van der Waals surface area contributed by atoms with Crippen LogP contribution in [0.15, 0.2) is 24.3 Å². The van der Waals surface area contributed by atoms with Crippen molar-refractivity contribution in [2.45, 2.75) is 45.3 Å². The SMILES string of the molecule is CC(C)(C)OC(=O)N1CCC(N2CCN(c3ccc(NC(=O)NCCCl)cc3)CC2)CC1. The lowest BCUT2D eigenvalue weighted by atomic mass is 10.0. The van der Waals surface area contributed by atoms with Crippen LogP contribution >= 0.6 is 11.6 Å². The molecule has 2 N–H and O–H groups in total. The summed E-state index contributed by atoms with van der Waals surface area (Å²) >= 11 is 5.58. The van der Waals surface area contributed by atoms with Crippen molar-refractivity contribution >= 4 is 35.1 Å². The van der Waals surface area contributed by atoms with Gasteiger partial charge in [-0.3, -0.25) is 4.90 Å². The largest absolute Gasteiger partial charge is 0.444 e. The van der Waals surface area contributed by atoms with Crippen LogP contribution in [-0.2, 0) is 4.74 Å². The molecule has 0 aliphatic carbocycles. The Morgan fingerprint density at radius 2 is 1.66 bits per heavy atom. The lowest BCUT2D eigenvalue weighted by Crippen LogP contribution is -2.54. The zero-order chi connectivity index (χ0) is 23.1. The zero-order valence-electron chi connectivity index (χ0n) is 19.4. The normalized spacial score (nSPS) is 18.4. The monoisotopic (exact) mass is 465 g/mol. The highest BCUT2D eigenvalue weighted by molar-refractivity contribution is 6.18. The number of hydrogen-bond acceptors (Lipinski definition) is 5. The van der Waals surface area contributed by atoms with Gasteiger partial charge in [0.25, 0.3) is 0 Å². The van der Waals surface area contributed by atoms with Crippen molar-refractivity contribution in [1.29, 1.82) is 0 Å². The Kier molecular flexibility index (Phi) is 8.48. The molecule has 0 saturated carbocycles. The minimum absolute atomic E-state index is 0.199. The Morgan fingerprint density at radius 1 is 1.03 bits per heavy atom. The number of anilines is 2. The fraction of sp³-hybridized carbons (Fsp3) is 0.652. The summed E-state index contributed by atoms with van der Waals surface area (Å²) < 4.78 is 5.50. The highest BCUT2D eigenvalue weighted by atomic mass is 35.5. The molecule has 178 valence electrons. The predicted molar refractivity (Wildman–Crippen MR) is 129 cm³/mol. The summed E-state index contributed by atoms with van der Waals surface area (Å²) in [6.45, 7) is 11.6. The van der Waals surface area contributed by atoms with E-state index in [0.717, 1.165) is 63.5 Å². The molecule has 2 saturated heterocycles. The van der Waals surface area contributed by atoms with Crippen LogP contribution in [-0.4, -0.2) is 85.3 Å². The summed E-state index contributed by atoms with van der Waals surface area (Å²) in [4.78, 5) is 30.8. The third-order valence-corrected chi connectivity index (χ3v) is 6.01. The molecule has 3 amide bonds. The van der Waals surface area contributed by atoms with E-state index in [-0.39, 0.29) is 12.1 Å². The molecule has 1 aromatic rings. The van der Waals surface area contributed by atoms with E-state index in [0.29, 0.717) is 18.5 Å². The zero-order valence-corrected chi connectivity index (χ0v) is 20.2. The van der Waals surface area contributed by atoms with Crippen LogP contribution in [0.25, 0.3) is 0 Å². The van der Waals surface area contributed by atoms with Crippen LogP contribution in [0.1, 0.15) is 33.6 Å². The number of hydrogen-bond donors (Lipinski definition) is 2. The van der Waals surface area contributed by atoms with Crippen LogP contribution in [0.5, 0.6) is 0 Å². The number of halogens is 1. The van der Waals surface area contributed by atoms with Crippen LogP contribution in [0.2, 0.25) is 0 Å². The number of benzene rings is 1. The highest BCUT2D eigenvalue weighted by Crippen LogP contribution is 2.23. The van der Waals surface area contributed by atoms with Gasteiger partial charge < -0.3 is 25.2 Å². The van der Waals surface area contributed by atoms with Crippen molar-refractivity contribution in [2.24, 2.45) is 0 Å². The van der Waals surface area contributed by atoms with Gasteiger partial charge in [-0.1, -0.05) is 0 Å². The number of nitrogens with one attached hydrogen (secondary N) is 2. The molecule has 0 bridgehead atoms. The van der Waals surface area contributed by atoms with Gasteiger partial charge in [0.15, 0.2) is 0 Å². The van der Waals surface area contributed by atoms with Crippen LogP contribution in [0, 0.1) is 0 Å². The third kappa shape index (κ3) is 7.17. The van der Waals surface area contributed by atoms with E-state index in [2.05, 4.69) is 20.4 Å². The van der Waals surface area contributed by atoms with Crippen molar-refractivity contribution in [3.63, 3.8) is 0 Å². The van der Waals surface area contributed by atoms with Gasteiger partial charge in [-0.05, 0) is 57.9 Å². The fourth-order valence-electron chi connectivity index (χ4n) is 4.18.